The summed E-state index contributed by atoms with van der Waals surface area (Å²) < 4.78 is 5.20. The molecule has 2 heterocycles. The number of thioether (sulfide) groups is 1. The van der Waals surface area contributed by atoms with Crippen molar-refractivity contribution in [3.63, 3.8) is 0 Å². The van der Waals surface area contributed by atoms with E-state index >= 15 is 0 Å². The van der Waals surface area contributed by atoms with Crippen LogP contribution in [0.15, 0.2) is 35.4 Å². The molecule has 0 spiro atoms. The second-order valence-electron chi connectivity index (χ2n) is 8.43. The average molecular weight is 432 g/mol. The monoisotopic (exact) mass is 431 g/mol. The van der Waals surface area contributed by atoms with Gasteiger partial charge in [-0.2, -0.15) is 0 Å². The maximum absolute atomic E-state index is 12.8. The van der Waals surface area contributed by atoms with Crippen LogP contribution in [0.4, 0.5) is 5.69 Å². The number of benzene rings is 1. The molecule has 7 nitrogen and oxygen atoms in total. The van der Waals surface area contributed by atoms with Crippen LogP contribution >= 0.6 is 11.8 Å². The van der Waals surface area contributed by atoms with Gasteiger partial charge in [0.2, 0.25) is 11.8 Å². The summed E-state index contributed by atoms with van der Waals surface area (Å²) in [6, 6.07) is 7.88. The molecule has 0 aromatic heterocycles. The van der Waals surface area contributed by atoms with E-state index < -0.39 is 5.41 Å². The number of hydrogen-bond acceptors (Lipinski definition) is 6. The van der Waals surface area contributed by atoms with E-state index in [0.29, 0.717) is 18.1 Å². The molecule has 2 saturated heterocycles. The van der Waals surface area contributed by atoms with Crippen molar-refractivity contribution < 1.29 is 19.1 Å². The quantitative estimate of drug-likeness (QED) is 0.667. The minimum Gasteiger partial charge on any atom is -0.497 e. The van der Waals surface area contributed by atoms with Crippen LogP contribution in [0.1, 0.15) is 20.8 Å². The van der Waals surface area contributed by atoms with E-state index in [2.05, 4.69) is 4.90 Å². The van der Waals surface area contributed by atoms with Crippen LogP contribution in [-0.4, -0.2) is 73.0 Å². The number of amides is 2. The van der Waals surface area contributed by atoms with Gasteiger partial charge in [0.25, 0.3) is 0 Å². The van der Waals surface area contributed by atoms with E-state index in [-0.39, 0.29) is 29.9 Å². The van der Waals surface area contributed by atoms with Gasteiger partial charge in [0.15, 0.2) is 5.78 Å². The lowest BCUT2D eigenvalue weighted by Gasteiger charge is -2.36. The highest BCUT2D eigenvalue weighted by Crippen LogP contribution is 2.30. The molecule has 0 radical (unpaired) electrons. The van der Waals surface area contributed by atoms with Gasteiger partial charge in [0.1, 0.15) is 12.3 Å². The standard InChI is InChI=1S/C22H29N3O4S/c1-22(2,3)18(26)13-21-25(20(28)15-30-21)14-19(27)24-11-9-23(10-12-24)16-5-7-17(29-4)8-6-16/h5-8,13H,9-12,14-15H2,1-4H3/b21-13-. The third kappa shape index (κ3) is 5.16. The Morgan fingerprint density at radius 3 is 2.30 bits per heavy atom. The molecule has 3 rings (SSSR count). The van der Waals surface area contributed by atoms with Gasteiger partial charge in [-0.25, -0.2) is 0 Å². The first-order chi connectivity index (χ1) is 14.2. The molecule has 2 aliphatic heterocycles. The topological polar surface area (TPSA) is 70.2 Å². The van der Waals surface area contributed by atoms with Crippen molar-refractivity contribution in [2.75, 3.05) is 50.5 Å². The first kappa shape index (κ1) is 22.2. The maximum Gasteiger partial charge on any atom is 0.242 e. The van der Waals surface area contributed by atoms with E-state index in [1.807, 2.05) is 45.0 Å². The largest absolute Gasteiger partial charge is 0.497 e. The highest BCUT2D eigenvalue weighted by atomic mass is 32.2. The second kappa shape index (κ2) is 9.12. The molecule has 0 saturated carbocycles. The zero-order valence-electron chi connectivity index (χ0n) is 18.0. The number of allylic oxidation sites excluding steroid dienone is 1. The Hall–Kier alpha value is -2.48. The SMILES string of the molecule is COc1ccc(N2CCN(C(=O)CN3C(=O)CS/C3=C\C(=O)C(C)(C)C)CC2)cc1. The first-order valence-corrected chi connectivity index (χ1v) is 11.0. The molecule has 2 amide bonds. The third-order valence-electron chi connectivity index (χ3n) is 5.27. The van der Waals surface area contributed by atoms with Gasteiger partial charge < -0.3 is 14.5 Å². The molecule has 1 aromatic carbocycles. The average Bonchev–Trinajstić information content (AvgIpc) is 3.06. The molecule has 0 atom stereocenters. The number of anilines is 1. The van der Waals surface area contributed by atoms with E-state index in [4.69, 9.17) is 4.74 Å². The Labute approximate surface area is 182 Å². The molecule has 30 heavy (non-hydrogen) atoms. The van der Waals surface area contributed by atoms with Crippen LogP contribution in [-0.2, 0) is 14.4 Å². The number of rotatable bonds is 5. The Morgan fingerprint density at radius 2 is 1.73 bits per heavy atom. The molecule has 0 aliphatic carbocycles. The van der Waals surface area contributed by atoms with Crippen LogP contribution in [0, 0.1) is 5.41 Å². The summed E-state index contributed by atoms with van der Waals surface area (Å²) in [5.74, 6) is 0.814. The van der Waals surface area contributed by atoms with Gasteiger partial charge >= 0.3 is 0 Å². The number of carbonyl (C=O) groups excluding carboxylic acids is 3. The zero-order valence-corrected chi connectivity index (χ0v) is 18.8. The lowest BCUT2D eigenvalue weighted by molar-refractivity contribution is -0.137. The predicted molar refractivity (Wildman–Crippen MR) is 119 cm³/mol. The van der Waals surface area contributed by atoms with Crippen molar-refractivity contribution in [2.24, 2.45) is 5.41 Å². The molecule has 0 bridgehead atoms. The number of nitrogens with zero attached hydrogens (tertiary/aromatic N) is 3. The molecule has 2 aliphatic rings. The third-order valence-corrected chi connectivity index (χ3v) is 6.29. The first-order valence-electron chi connectivity index (χ1n) is 10.0. The summed E-state index contributed by atoms with van der Waals surface area (Å²) in [5.41, 5.74) is 0.576. The minimum absolute atomic E-state index is 0.0162. The van der Waals surface area contributed by atoms with E-state index in [0.717, 1.165) is 24.5 Å². The molecule has 8 heteroatoms. The van der Waals surface area contributed by atoms with Crippen LogP contribution in [0.25, 0.3) is 0 Å². The van der Waals surface area contributed by atoms with Gasteiger partial charge in [-0.05, 0) is 24.3 Å². The van der Waals surface area contributed by atoms with Crippen LogP contribution in [0.5, 0.6) is 5.75 Å². The van der Waals surface area contributed by atoms with Crippen molar-refractivity contribution in [1.29, 1.82) is 0 Å². The second-order valence-corrected chi connectivity index (χ2v) is 9.43. The summed E-state index contributed by atoms with van der Waals surface area (Å²) >= 11 is 1.32. The van der Waals surface area contributed by atoms with E-state index in [1.54, 1.807) is 12.0 Å². The minimum atomic E-state index is -0.521. The molecule has 1 aromatic rings. The number of hydrogen-bond donors (Lipinski definition) is 0. The van der Waals surface area contributed by atoms with Gasteiger partial charge in [-0.3, -0.25) is 19.3 Å². The van der Waals surface area contributed by atoms with Crippen molar-refractivity contribution in [3.05, 3.63) is 35.4 Å². The highest BCUT2D eigenvalue weighted by molar-refractivity contribution is 8.04. The number of ketones is 1. The molecule has 162 valence electrons. The number of ether oxygens (including phenoxy) is 1. The van der Waals surface area contributed by atoms with Crippen molar-refractivity contribution in [1.82, 2.24) is 9.80 Å². The Balaban J connectivity index is 1.58. The fraction of sp³-hybridized carbons (Fsp3) is 0.500. The molecule has 2 fully saturated rings. The molecular weight excluding hydrogens is 402 g/mol. The van der Waals surface area contributed by atoms with Gasteiger partial charge in [0.05, 0.1) is 17.9 Å². The fourth-order valence-electron chi connectivity index (χ4n) is 3.27. The summed E-state index contributed by atoms with van der Waals surface area (Å²) in [7, 11) is 1.64. The van der Waals surface area contributed by atoms with E-state index in [1.165, 1.54) is 22.7 Å². The number of carbonyl (C=O) groups is 3. The number of methoxy groups -OCH3 is 1. The highest BCUT2D eigenvalue weighted by Gasteiger charge is 2.32. The smallest absolute Gasteiger partial charge is 0.242 e. The van der Waals surface area contributed by atoms with Gasteiger partial charge in [-0.15, -0.1) is 0 Å². The molecule has 0 N–H and O–H groups in total. The summed E-state index contributed by atoms with van der Waals surface area (Å²) in [5, 5.41) is 0.574. The lowest BCUT2D eigenvalue weighted by Crippen LogP contribution is -2.51. The van der Waals surface area contributed by atoms with Gasteiger partial charge in [-0.1, -0.05) is 32.5 Å². The van der Waals surface area contributed by atoms with Crippen LogP contribution in [0.2, 0.25) is 0 Å². The Bertz CT molecular complexity index is 837. The summed E-state index contributed by atoms with van der Waals surface area (Å²) in [4.78, 5) is 42.9. The lowest BCUT2D eigenvalue weighted by atomic mass is 9.91. The van der Waals surface area contributed by atoms with E-state index in [9.17, 15) is 14.4 Å². The molecular formula is C22H29N3O4S. The van der Waals surface area contributed by atoms with Crippen molar-refractivity contribution in [3.8, 4) is 5.75 Å². The molecule has 0 unspecified atom stereocenters. The van der Waals surface area contributed by atoms with Crippen molar-refractivity contribution in [2.45, 2.75) is 20.8 Å². The Kier molecular flexibility index (Phi) is 6.75. The van der Waals surface area contributed by atoms with Gasteiger partial charge in [0, 0.05) is 43.4 Å². The normalized spacial score (nSPS) is 18.9. The number of piperazine rings is 1. The predicted octanol–water partition coefficient (Wildman–Crippen LogP) is 2.38. The summed E-state index contributed by atoms with van der Waals surface area (Å²) in [6.45, 7) is 8.15. The fourth-order valence-corrected chi connectivity index (χ4v) is 4.21. The zero-order chi connectivity index (χ0) is 21.9. The van der Waals surface area contributed by atoms with Crippen LogP contribution in [0.3, 0.4) is 0 Å². The Morgan fingerprint density at radius 1 is 1.10 bits per heavy atom. The van der Waals surface area contributed by atoms with Crippen molar-refractivity contribution >= 4 is 35.0 Å². The van der Waals surface area contributed by atoms with Crippen LogP contribution < -0.4 is 9.64 Å². The maximum atomic E-state index is 12.8. The summed E-state index contributed by atoms with van der Waals surface area (Å²) in [6.07, 6.45) is 1.50.